The first-order valence-corrected chi connectivity index (χ1v) is 5.64. The minimum absolute atomic E-state index is 0.129. The van der Waals surface area contributed by atoms with Gasteiger partial charge in [0, 0.05) is 18.6 Å². The molecule has 0 aromatic heterocycles. The van der Waals surface area contributed by atoms with Crippen molar-refractivity contribution in [1.29, 1.82) is 0 Å². The lowest BCUT2D eigenvalue weighted by Gasteiger charge is -2.24. The molecule has 3 heteroatoms. The molecule has 0 bridgehead atoms. The second-order valence-electron chi connectivity index (χ2n) is 4.32. The summed E-state index contributed by atoms with van der Waals surface area (Å²) < 4.78 is 11.1. The first kappa shape index (κ1) is 12.0. The molecular formula is C11H23NO2. The van der Waals surface area contributed by atoms with Crippen LogP contribution in [-0.4, -0.2) is 31.5 Å². The first-order valence-electron chi connectivity index (χ1n) is 5.64. The quantitative estimate of drug-likeness (QED) is 0.734. The fourth-order valence-electron chi connectivity index (χ4n) is 2.00. The van der Waals surface area contributed by atoms with Crippen LogP contribution in [-0.2, 0) is 9.47 Å². The second-order valence-corrected chi connectivity index (χ2v) is 4.32. The molecule has 1 saturated heterocycles. The van der Waals surface area contributed by atoms with Gasteiger partial charge in [-0.2, -0.15) is 0 Å². The number of ether oxygens (including phenoxy) is 2. The Morgan fingerprint density at radius 2 is 2.21 bits per heavy atom. The van der Waals surface area contributed by atoms with Crippen LogP contribution in [0.5, 0.6) is 0 Å². The summed E-state index contributed by atoms with van der Waals surface area (Å²) in [5.74, 6) is 0.485. The normalized spacial score (nSPS) is 29.8. The van der Waals surface area contributed by atoms with Gasteiger partial charge >= 0.3 is 0 Å². The van der Waals surface area contributed by atoms with Crippen molar-refractivity contribution in [3.8, 4) is 0 Å². The van der Waals surface area contributed by atoms with Gasteiger partial charge in [-0.3, -0.25) is 0 Å². The van der Waals surface area contributed by atoms with E-state index in [1.165, 1.54) is 0 Å². The van der Waals surface area contributed by atoms with E-state index in [0.717, 1.165) is 19.4 Å². The summed E-state index contributed by atoms with van der Waals surface area (Å²) in [7, 11) is 0. The van der Waals surface area contributed by atoms with E-state index in [1.807, 2.05) is 13.8 Å². The molecule has 1 aliphatic heterocycles. The van der Waals surface area contributed by atoms with Crippen molar-refractivity contribution in [2.24, 2.45) is 11.7 Å². The maximum atomic E-state index is 6.09. The van der Waals surface area contributed by atoms with Crippen LogP contribution in [0.3, 0.4) is 0 Å². The van der Waals surface area contributed by atoms with Crippen molar-refractivity contribution in [3.63, 3.8) is 0 Å². The summed E-state index contributed by atoms with van der Waals surface area (Å²) >= 11 is 0. The predicted molar refractivity (Wildman–Crippen MR) is 57.2 cm³/mol. The maximum Gasteiger partial charge on any atom is 0.0624 e. The van der Waals surface area contributed by atoms with E-state index >= 15 is 0 Å². The molecule has 1 heterocycles. The molecule has 1 fully saturated rings. The van der Waals surface area contributed by atoms with Crippen molar-refractivity contribution in [2.75, 3.05) is 13.2 Å². The number of rotatable bonds is 5. The molecule has 84 valence electrons. The van der Waals surface area contributed by atoms with E-state index in [-0.39, 0.29) is 12.1 Å². The standard InChI is InChI=1S/C11H23NO2/c1-4-11-9(5-6-13-11)10(12)7-14-8(2)3/h8-11H,4-7,12H2,1-3H3. The van der Waals surface area contributed by atoms with Gasteiger partial charge in [0.05, 0.1) is 18.8 Å². The van der Waals surface area contributed by atoms with E-state index in [1.54, 1.807) is 0 Å². The van der Waals surface area contributed by atoms with Gasteiger partial charge in [-0.1, -0.05) is 6.92 Å². The molecule has 3 nitrogen and oxygen atoms in total. The molecule has 1 aliphatic rings. The number of hydrogen-bond donors (Lipinski definition) is 1. The van der Waals surface area contributed by atoms with Crippen molar-refractivity contribution in [1.82, 2.24) is 0 Å². The molecule has 2 N–H and O–H groups in total. The van der Waals surface area contributed by atoms with Crippen LogP contribution in [0.2, 0.25) is 0 Å². The minimum atomic E-state index is 0.129. The van der Waals surface area contributed by atoms with Gasteiger partial charge in [0.2, 0.25) is 0 Å². The summed E-state index contributed by atoms with van der Waals surface area (Å²) in [6.45, 7) is 7.74. The smallest absolute Gasteiger partial charge is 0.0624 e. The van der Waals surface area contributed by atoms with Crippen molar-refractivity contribution >= 4 is 0 Å². The Bertz CT molecular complexity index is 161. The highest BCUT2D eigenvalue weighted by molar-refractivity contribution is 4.83. The average molecular weight is 201 g/mol. The zero-order chi connectivity index (χ0) is 10.6. The van der Waals surface area contributed by atoms with E-state index in [4.69, 9.17) is 15.2 Å². The summed E-state index contributed by atoms with van der Waals surface area (Å²) in [5, 5.41) is 0. The van der Waals surface area contributed by atoms with E-state index < -0.39 is 0 Å². The van der Waals surface area contributed by atoms with Crippen LogP contribution >= 0.6 is 0 Å². The topological polar surface area (TPSA) is 44.5 Å². The van der Waals surface area contributed by atoms with Crippen LogP contribution in [0, 0.1) is 5.92 Å². The molecule has 3 atom stereocenters. The molecule has 0 aromatic carbocycles. The summed E-state index contributed by atoms with van der Waals surface area (Å²) in [6.07, 6.45) is 2.76. The van der Waals surface area contributed by atoms with E-state index in [9.17, 15) is 0 Å². The van der Waals surface area contributed by atoms with Gasteiger partial charge in [-0.15, -0.1) is 0 Å². The Hall–Kier alpha value is -0.120. The molecule has 0 aromatic rings. The average Bonchev–Trinajstić information content (AvgIpc) is 2.61. The Kier molecular flexibility index (Phi) is 4.85. The zero-order valence-corrected chi connectivity index (χ0v) is 9.53. The highest BCUT2D eigenvalue weighted by Crippen LogP contribution is 2.25. The Labute approximate surface area is 86.9 Å². The third-order valence-electron chi connectivity index (χ3n) is 2.83. The predicted octanol–water partition coefficient (Wildman–Crippen LogP) is 1.55. The minimum Gasteiger partial charge on any atom is -0.378 e. The van der Waals surface area contributed by atoms with E-state index in [0.29, 0.717) is 18.6 Å². The van der Waals surface area contributed by atoms with Crippen molar-refractivity contribution in [3.05, 3.63) is 0 Å². The highest BCUT2D eigenvalue weighted by Gasteiger charge is 2.31. The first-order chi connectivity index (χ1) is 6.65. The van der Waals surface area contributed by atoms with Crippen LogP contribution in [0.25, 0.3) is 0 Å². The van der Waals surface area contributed by atoms with Crippen LogP contribution in [0.4, 0.5) is 0 Å². The summed E-state index contributed by atoms with van der Waals surface area (Å²) in [4.78, 5) is 0. The number of hydrogen-bond acceptors (Lipinski definition) is 3. The summed E-state index contributed by atoms with van der Waals surface area (Å²) in [5.41, 5.74) is 6.09. The van der Waals surface area contributed by atoms with Crippen molar-refractivity contribution in [2.45, 2.75) is 51.9 Å². The molecule has 0 amide bonds. The molecule has 3 unspecified atom stereocenters. The van der Waals surface area contributed by atoms with Gasteiger partial charge in [0.15, 0.2) is 0 Å². The lowest BCUT2D eigenvalue weighted by molar-refractivity contribution is 0.0354. The van der Waals surface area contributed by atoms with Crippen LogP contribution in [0.15, 0.2) is 0 Å². The molecule has 0 aliphatic carbocycles. The highest BCUT2D eigenvalue weighted by atomic mass is 16.5. The second kappa shape index (κ2) is 5.69. The molecule has 0 radical (unpaired) electrons. The Balaban J connectivity index is 2.31. The largest absolute Gasteiger partial charge is 0.378 e. The fraction of sp³-hybridized carbons (Fsp3) is 1.00. The third kappa shape index (κ3) is 3.23. The molecule has 1 rings (SSSR count). The van der Waals surface area contributed by atoms with Gasteiger partial charge in [0.1, 0.15) is 0 Å². The molecular weight excluding hydrogens is 178 g/mol. The molecule has 0 spiro atoms. The van der Waals surface area contributed by atoms with Crippen LogP contribution < -0.4 is 5.73 Å². The summed E-state index contributed by atoms with van der Waals surface area (Å²) in [6, 6.07) is 0.129. The molecule has 0 saturated carbocycles. The van der Waals surface area contributed by atoms with Gasteiger partial charge in [-0.25, -0.2) is 0 Å². The van der Waals surface area contributed by atoms with Gasteiger partial charge in [-0.05, 0) is 26.7 Å². The number of nitrogens with two attached hydrogens (primary N) is 1. The van der Waals surface area contributed by atoms with E-state index in [2.05, 4.69) is 6.92 Å². The third-order valence-corrected chi connectivity index (χ3v) is 2.83. The fourth-order valence-corrected chi connectivity index (χ4v) is 2.00. The Morgan fingerprint density at radius 1 is 1.50 bits per heavy atom. The lowest BCUT2D eigenvalue weighted by Crippen LogP contribution is -2.39. The maximum absolute atomic E-state index is 6.09. The van der Waals surface area contributed by atoms with Gasteiger partial charge in [0.25, 0.3) is 0 Å². The SMILES string of the molecule is CCC1OCCC1C(N)COC(C)C. The molecule has 14 heavy (non-hydrogen) atoms. The Morgan fingerprint density at radius 3 is 2.79 bits per heavy atom. The van der Waals surface area contributed by atoms with Crippen LogP contribution in [0.1, 0.15) is 33.6 Å². The zero-order valence-electron chi connectivity index (χ0n) is 9.53. The monoisotopic (exact) mass is 201 g/mol. The lowest BCUT2D eigenvalue weighted by atomic mass is 9.92. The van der Waals surface area contributed by atoms with Crippen molar-refractivity contribution < 1.29 is 9.47 Å². The van der Waals surface area contributed by atoms with Gasteiger partial charge < -0.3 is 15.2 Å².